The molecule has 0 radical (unpaired) electrons. The number of likely N-dealkylation sites (tertiary alicyclic amines) is 1. The van der Waals surface area contributed by atoms with Gasteiger partial charge >= 0.3 is 0 Å². The van der Waals surface area contributed by atoms with Gasteiger partial charge in [0, 0.05) is 25.2 Å². The molecule has 4 aromatic rings. The maximum atomic E-state index is 14.7. The van der Waals surface area contributed by atoms with E-state index in [1.807, 2.05) is 24.3 Å². The minimum atomic E-state index is -1.24. The van der Waals surface area contributed by atoms with Crippen LogP contribution in [0.4, 0.5) is 14.7 Å². The predicted octanol–water partition coefficient (Wildman–Crippen LogP) is 2.49. The maximum absolute atomic E-state index is 14.7. The average molecular weight is 470 g/mol. The Bertz CT molecular complexity index is 1350. The van der Waals surface area contributed by atoms with Crippen molar-refractivity contribution in [1.29, 1.82) is 0 Å². The van der Waals surface area contributed by atoms with Crippen LogP contribution in [0.1, 0.15) is 13.3 Å². The van der Waals surface area contributed by atoms with Gasteiger partial charge in [-0.2, -0.15) is 4.98 Å². The molecule has 0 aliphatic carbocycles. The Morgan fingerprint density at radius 1 is 1.32 bits per heavy atom. The summed E-state index contributed by atoms with van der Waals surface area (Å²) in [6.07, 6.45) is 0.979. The van der Waals surface area contributed by atoms with E-state index in [0.717, 1.165) is 16.6 Å². The number of fused-ring (bicyclic) bond motifs is 2. The summed E-state index contributed by atoms with van der Waals surface area (Å²) in [6.45, 7) is 1.53. The molecule has 178 valence electrons. The van der Waals surface area contributed by atoms with Crippen molar-refractivity contribution in [3.05, 3.63) is 30.5 Å². The first kappa shape index (κ1) is 22.0. The number of amides is 1. The molecule has 1 amide bonds. The Balaban J connectivity index is 1.47. The van der Waals surface area contributed by atoms with Crippen LogP contribution in [-0.4, -0.2) is 79.5 Å². The van der Waals surface area contributed by atoms with E-state index in [0.29, 0.717) is 29.9 Å². The van der Waals surface area contributed by atoms with Gasteiger partial charge < -0.3 is 15.0 Å². The minimum Gasteiger partial charge on any atom is -0.479 e. The molecule has 3 aromatic heterocycles. The molecule has 2 atom stereocenters. The summed E-state index contributed by atoms with van der Waals surface area (Å²) < 4.78 is 36.2. The second-order valence-electron chi connectivity index (χ2n) is 8.19. The summed E-state index contributed by atoms with van der Waals surface area (Å²) >= 11 is 0. The van der Waals surface area contributed by atoms with E-state index in [2.05, 4.69) is 25.7 Å². The molecular formula is C22H24F2N8O2. The number of nitrogens with zero attached hydrogens (tertiary/aromatic N) is 7. The lowest BCUT2D eigenvalue weighted by Gasteiger charge is -2.34. The third-order valence-corrected chi connectivity index (χ3v) is 6.09. The standard InChI is InChI=1S/C22H24F2N8O2/c1-13(33)30-8-6-17(16(24)12-30)25-22-26-21(34-2)20-15(5-9-32(20)28-22)14-3-4-18-19(11-14)31(10-7-23)29-27-18/h3-5,9,11,16-17H,6-8,10,12H2,1-2H3,(H,25,28)/t16-,17+/m1/s1. The van der Waals surface area contributed by atoms with Gasteiger partial charge in [-0.25, -0.2) is 18.0 Å². The highest BCUT2D eigenvalue weighted by Crippen LogP contribution is 2.33. The number of hydrogen-bond donors (Lipinski definition) is 1. The van der Waals surface area contributed by atoms with Crippen molar-refractivity contribution >= 4 is 28.4 Å². The number of halogens is 2. The van der Waals surface area contributed by atoms with Crippen molar-refractivity contribution in [2.75, 3.05) is 32.2 Å². The smallest absolute Gasteiger partial charge is 0.244 e. The molecule has 0 saturated carbocycles. The largest absolute Gasteiger partial charge is 0.479 e. The number of rotatable bonds is 6. The number of carbonyl (C=O) groups excluding carboxylic acids is 1. The number of aromatic nitrogens is 6. The van der Waals surface area contributed by atoms with Crippen molar-refractivity contribution in [1.82, 2.24) is 34.5 Å². The summed E-state index contributed by atoms with van der Waals surface area (Å²) in [5.41, 5.74) is 3.70. The molecule has 10 nitrogen and oxygen atoms in total. The van der Waals surface area contributed by atoms with Crippen LogP contribution in [0.15, 0.2) is 30.5 Å². The third-order valence-electron chi connectivity index (χ3n) is 6.09. The van der Waals surface area contributed by atoms with E-state index in [4.69, 9.17) is 4.74 Å². The van der Waals surface area contributed by atoms with Crippen LogP contribution in [0.5, 0.6) is 5.88 Å². The molecule has 0 unspecified atom stereocenters. The molecule has 34 heavy (non-hydrogen) atoms. The molecule has 1 N–H and O–H groups in total. The van der Waals surface area contributed by atoms with E-state index >= 15 is 0 Å². The number of alkyl halides is 2. The highest BCUT2D eigenvalue weighted by atomic mass is 19.1. The van der Waals surface area contributed by atoms with Gasteiger partial charge in [0.25, 0.3) is 0 Å². The number of hydrogen-bond acceptors (Lipinski definition) is 7. The highest BCUT2D eigenvalue weighted by Gasteiger charge is 2.31. The molecule has 12 heteroatoms. The monoisotopic (exact) mass is 470 g/mol. The molecule has 1 aromatic carbocycles. The average Bonchev–Trinajstić information content (AvgIpc) is 3.44. The second-order valence-corrected chi connectivity index (χ2v) is 8.19. The zero-order valence-electron chi connectivity index (χ0n) is 18.8. The van der Waals surface area contributed by atoms with Gasteiger partial charge in [0.2, 0.25) is 17.7 Å². The molecule has 1 saturated heterocycles. The lowest BCUT2D eigenvalue weighted by molar-refractivity contribution is -0.131. The van der Waals surface area contributed by atoms with Gasteiger partial charge in [0.15, 0.2) is 0 Å². The lowest BCUT2D eigenvalue weighted by Crippen LogP contribution is -2.49. The first-order valence-electron chi connectivity index (χ1n) is 11.0. The van der Waals surface area contributed by atoms with Gasteiger partial charge in [0.05, 0.1) is 31.8 Å². The van der Waals surface area contributed by atoms with Crippen molar-refractivity contribution in [2.24, 2.45) is 0 Å². The zero-order chi connectivity index (χ0) is 23.8. The van der Waals surface area contributed by atoms with E-state index < -0.39 is 18.9 Å². The lowest BCUT2D eigenvalue weighted by atomic mass is 10.0. The molecule has 4 heterocycles. The fourth-order valence-electron chi connectivity index (χ4n) is 4.33. The minimum absolute atomic E-state index is 0.0381. The Hall–Kier alpha value is -3.83. The number of carbonyl (C=O) groups is 1. The number of aryl methyl sites for hydroxylation is 1. The summed E-state index contributed by atoms with van der Waals surface area (Å²) in [5.74, 6) is 0.419. The fourth-order valence-corrected chi connectivity index (χ4v) is 4.33. The fraction of sp³-hybridized carbons (Fsp3) is 0.409. The molecule has 1 fully saturated rings. The Morgan fingerprint density at radius 2 is 2.18 bits per heavy atom. The van der Waals surface area contributed by atoms with Crippen molar-refractivity contribution in [2.45, 2.75) is 32.1 Å². The van der Waals surface area contributed by atoms with Crippen molar-refractivity contribution in [3.63, 3.8) is 0 Å². The molecule has 1 aliphatic heterocycles. The Kier molecular flexibility index (Phi) is 5.72. The van der Waals surface area contributed by atoms with Gasteiger partial charge in [-0.15, -0.1) is 10.2 Å². The number of nitrogens with one attached hydrogen (secondary N) is 1. The van der Waals surface area contributed by atoms with Crippen molar-refractivity contribution in [3.8, 4) is 17.0 Å². The molecule has 1 aliphatic rings. The number of benzene rings is 1. The van der Waals surface area contributed by atoms with E-state index in [1.54, 1.807) is 10.7 Å². The summed E-state index contributed by atoms with van der Waals surface area (Å²) in [7, 11) is 1.51. The third kappa shape index (κ3) is 3.88. The van der Waals surface area contributed by atoms with Crippen LogP contribution < -0.4 is 10.1 Å². The van der Waals surface area contributed by atoms with Gasteiger partial charge in [-0.1, -0.05) is 11.3 Å². The molecular weight excluding hydrogens is 446 g/mol. The van der Waals surface area contributed by atoms with E-state index in [-0.39, 0.29) is 24.9 Å². The van der Waals surface area contributed by atoms with Crippen LogP contribution in [-0.2, 0) is 11.3 Å². The molecule has 0 spiro atoms. The van der Waals surface area contributed by atoms with Crippen LogP contribution in [0, 0.1) is 0 Å². The van der Waals surface area contributed by atoms with Crippen molar-refractivity contribution < 1.29 is 18.3 Å². The predicted molar refractivity (Wildman–Crippen MR) is 121 cm³/mol. The highest BCUT2D eigenvalue weighted by molar-refractivity contribution is 5.89. The van der Waals surface area contributed by atoms with Crippen LogP contribution in [0.25, 0.3) is 27.7 Å². The van der Waals surface area contributed by atoms with Gasteiger partial charge in [0.1, 0.15) is 23.9 Å². The summed E-state index contributed by atoms with van der Waals surface area (Å²) in [4.78, 5) is 17.5. The van der Waals surface area contributed by atoms with Gasteiger partial charge in [-0.3, -0.25) is 4.79 Å². The first-order chi connectivity index (χ1) is 16.5. The van der Waals surface area contributed by atoms with E-state index in [1.165, 1.54) is 23.6 Å². The van der Waals surface area contributed by atoms with Crippen LogP contribution >= 0.6 is 0 Å². The Labute approximate surface area is 193 Å². The van der Waals surface area contributed by atoms with E-state index in [9.17, 15) is 13.6 Å². The quantitative estimate of drug-likeness (QED) is 0.462. The second kappa shape index (κ2) is 8.84. The Morgan fingerprint density at radius 3 is 2.91 bits per heavy atom. The zero-order valence-corrected chi connectivity index (χ0v) is 18.8. The van der Waals surface area contributed by atoms with Crippen LogP contribution in [0.2, 0.25) is 0 Å². The molecule has 5 rings (SSSR count). The summed E-state index contributed by atoms with van der Waals surface area (Å²) in [5, 5.41) is 15.6. The maximum Gasteiger partial charge on any atom is 0.244 e. The topological polar surface area (TPSA) is 102 Å². The van der Waals surface area contributed by atoms with Gasteiger partial charge in [-0.05, 0) is 30.2 Å². The number of anilines is 1. The normalized spacial score (nSPS) is 18.5. The SMILES string of the molecule is COc1nc(N[C@H]2CCN(C(C)=O)C[C@H]2F)nn2ccc(-c3ccc4nnn(CCF)c4c3)c12. The van der Waals surface area contributed by atoms with Crippen LogP contribution in [0.3, 0.4) is 0 Å². The number of methoxy groups -OCH3 is 1. The summed E-state index contributed by atoms with van der Waals surface area (Å²) in [6, 6.07) is 6.98. The first-order valence-corrected chi connectivity index (χ1v) is 11.0. The molecule has 0 bridgehead atoms. The number of piperidine rings is 1. The number of ether oxygens (including phenoxy) is 1.